The molecule has 0 radical (unpaired) electrons. The van der Waals surface area contributed by atoms with Crippen molar-refractivity contribution in [1.82, 2.24) is 4.90 Å². The minimum absolute atomic E-state index is 0.369. The summed E-state index contributed by atoms with van der Waals surface area (Å²) in [6.07, 6.45) is 1.52. The molecule has 88 valence electrons. The molecule has 1 saturated heterocycles. The summed E-state index contributed by atoms with van der Waals surface area (Å²) in [5.74, 6) is 0. The van der Waals surface area contributed by atoms with E-state index in [-0.39, 0.29) is 0 Å². The number of hydrogen-bond acceptors (Lipinski definition) is 2. The van der Waals surface area contributed by atoms with Gasteiger partial charge in [-0.25, -0.2) is 0 Å². The van der Waals surface area contributed by atoms with Crippen LogP contribution in [0.5, 0.6) is 0 Å². The third kappa shape index (κ3) is 2.96. The lowest BCUT2D eigenvalue weighted by Crippen LogP contribution is -2.36. The van der Waals surface area contributed by atoms with Crippen LogP contribution < -0.4 is 0 Å². The van der Waals surface area contributed by atoms with Gasteiger partial charge >= 0.3 is 0 Å². The molecular formula is C13H18INO. The Morgan fingerprint density at radius 1 is 1.38 bits per heavy atom. The van der Waals surface area contributed by atoms with E-state index in [1.165, 1.54) is 9.13 Å². The quantitative estimate of drug-likeness (QED) is 0.790. The topological polar surface area (TPSA) is 12.5 Å². The molecule has 2 atom stereocenters. The minimum atomic E-state index is 0.369. The van der Waals surface area contributed by atoms with Gasteiger partial charge in [0.15, 0.2) is 0 Å². The fourth-order valence-corrected chi connectivity index (χ4v) is 2.65. The van der Waals surface area contributed by atoms with Crippen LogP contribution in [0.1, 0.15) is 18.9 Å². The van der Waals surface area contributed by atoms with E-state index < -0.39 is 0 Å². The van der Waals surface area contributed by atoms with E-state index in [0.29, 0.717) is 12.1 Å². The monoisotopic (exact) mass is 331 g/mol. The lowest BCUT2D eigenvalue weighted by atomic mass is 10.1. The van der Waals surface area contributed by atoms with E-state index in [2.05, 4.69) is 65.7 Å². The first-order valence-electron chi connectivity index (χ1n) is 5.73. The summed E-state index contributed by atoms with van der Waals surface area (Å²) in [6, 6.07) is 9.31. The largest absolute Gasteiger partial charge is 0.377 e. The highest BCUT2D eigenvalue weighted by molar-refractivity contribution is 14.1. The maximum absolute atomic E-state index is 5.60. The van der Waals surface area contributed by atoms with Gasteiger partial charge in [0.1, 0.15) is 0 Å². The number of rotatable bonds is 3. The molecule has 1 aliphatic heterocycles. The Morgan fingerprint density at radius 2 is 2.06 bits per heavy atom. The van der Waals surface area contributed by atoms with Crippen molar-refractivity contribution in [3.8, 4) is 0 Å². The van der Waals surface area contributed by atoms with Gasteiger partial charge in [0.2, 0.25) is 0 Å². The van der Waals surface area contributed by atoms with Crippen molar-refractivity contribution < 1.29 is 4.74 Å². The maximum atomic E-state index is 5.60. The van der Waals surface area contributed by atoms with Gasteiger partial charge in [-0.1, -0.05) is 12.1 Å². The first kappa shape index (κ1) is 12.3. The second-order valence-electron chi connectivity index (χ2n) is 4.47. The Labute approximate surface area is 111 Å². The van der Waals surface area contributed by atoms with Gasteiger partial charge in [0.05, 0.1) is 6.10 Å². The number of halogens is 1. The fourth-order valence-electron chi connectivity index (χ4n) is 2.29. The molecule has 2 nitrogen and oxygen atoms in total. The SMILES string of the molecule is CC1OCCC1N(C)Cc1ccc(I)cc1. The summed E-state index contributed by atoms with van der Waals surface area (Å²) in [4.78, 5) is 2.40. The van der Waals surface area contributed by atoms with Crippen molar-refractivity contribution >= 4 is 22.6 Å². The van der Waals surface area contributed by atoms with E-state index in [1.807, 2.05) is 0 Å². The van der Waals surface area contributed by atoms with Gasteiger partial charge in [0, 0.05) is 22.8 Å². The van der Waals surface area contributed by atoms with Gasteiger partial charge in [-0.2, -0.15) is 0 Å². The summed E-state index contributed by atoms with van der Waals surface area (Å²) in [6.45, 7) is 4.08. The molecule has 3 heteroatoms. The van der Waals surface area contributed by atoms with E-state index in [4.69, 9.17) is 4.74 Å². The fraction of sp³-hybridized carbons (Fsp3) is 0.538. The summed E-state index contributed by atoms with van der Waals surface area (Å²) >= 11 is 2.34. The summed E-state index contributed by atoms with van der Waals surface area (Å²) < 4.78 is 6.89. The predicted molar refractivity (Wildman–Crippen MR) is 74.4 cm³/mol. The summed E-state index contributed by atoms with van der Waals surface area (Å²) in [7, 11) is 2.19. The van der Waals surface area contributed by atoms with Crippen LogP contribution in [0.3, 0.4) is 0 Å². The van der Waals surface area contributed by atoms with Gasteiger partial charge in [-0.3, -0.25) is 4.90 Å². The third-order valence-corrected chi connectivity index (χ3v) is 3.97. The molecule has 1 heterocycles. The molecule has 0 bridgehead atoms. The van der Waals surface area contributed by atoms with Crippen molar-refractivity contribution in [3.63, 3.8) is 0 Å². The molecule has 1 fully saturated rings. The van der Waals surface area contributed by atoms with Crippen molar-refractivity contribution in [2.75, 3.05) is 13.7 Å². The zero-order chi connectivity index (χ0) is 11.5. The Kier molecular flexibility index (Phi) is 4.21. The van der Waals surface area contributed by atoms with Gasteiger partial charge in [0.25, 0.3) is 0 Å². The number of likely N-dealkylation sites (N-methyl/N-ethyl adjacent to an activating group) is 1. The van der Waals surface area contributed by atoms with E-state index in [1.54, 1.807) is 0 Å². The molecule has 2 rings (SSSR count). The molecule has 0 saturated carbocycles. The zero-order valence-electron chi connectivity index (χ0n) is 9.82. The molecular weight excluding hydrogens is 313 g/mol. The Morgan fingerprint density at radius 3 is 2.62 bits per heavy atom. The highest BCUT2D eigenvalue weighted by Gasteiger charge is 2.27. The molecule has 0 N–H and O–H groups in total. The van der Waals surface area contributed by atoms with Crippen LogP contribution in [0.15, 0.2) is 24.3 Å². The first-order chi connectivity index (χ1) is 7.66. The molecule has 2 unspecified atom stereocenters. The predicted octanol–water partition coefficient (Wildman–Crippen LogP) is 2.90. The number of nitrogens with zero attached hydrogens (tertiary/aromatic N) is 1. The van der Waals surface area contributed by atoms with Crippen LogP contribution in [-0.2, 0) is 11.3 Å². The lowest BCUT2D eigenvalue weighted by Gasteiger charge is -2.26. The normalized spacial score (nSPS) is 25.2. The van der Waals surface area contributed by atoms with Crippen molar-refractivity contribution in [2.45, 2.75) is 32.0 Å². The molecule has 1 aliphatic rings. The molecule has 0 aliphatic carbocycles. The van der Waals surface area contributed by atoms with Crippen molar-refractivity contribution in [3.05, 3.63) is 33.4 Å². The summed E-state index contributed by atoms with van der Waals surface area (Å²) in [5, 5.41) is 0. The molecule has 0 amide bonds. The van der Waals surface area contributed by atoms with Gasteiger partial charge in [-0.15, -0.1) is 0 Å². The Bertz CT molecular complexity index is 338. The number of benzene rings is 1. The smallest absolute Gasteiger partial charge is 0.0703 e. The van der Waals surface area contributed by atoms with Crippen molar-refractivity contribution in [1.29, 1.82) is 0 Å². The Hall–Kier alpha value is -0.130. The first-order valence-corrected chi connectivity index (χ1v) is 6.81. The molecule has 0 aromatic heterocycles. The standard InChI is InChI=1S/C13H18INO/c1-10-13(7-8-16-10)15(2)9-11-3-5-12(14)6-4-11/h3-6,10,13H,7-9H2,1-2H3. The number of ether oxygens (including phenoxy) is 1. The van der Waals surface area contributed by atoms with E-state index in [9.17, 15) is 0 Å². The Balaban J connectivity index is 1.96. The summed E-state index contributed by atoms with van der Waals surface area (Å²) in [5.41, 5.74) is 1.38. The maximum Gasteiger partial charge on any atom is 0.0703 e. The molecule has 16 heavy (non-hydrogen) atoms. The van der Waals surface area contributed by atoms with E-state index in [0.717, 1.165) is 19.6 Å². The molecule has 1 aromatic carbocycles. The van der Waals surface area contributed by atoms with Crippen LogP contribution in [0.2, 0.25) is 0 Å². The minimum Gasteiger partial charge on any atom is -0.377 e. The second-order valence-corrected chi connectivity index (χ2v) is 5.72. The van der Waals surface area contributed by atoms with Crippen LogP contribution in [0.4, 0.5) is 0 Å². The van der Waals surface area contributed by atoms with Crippen LogP contribution in [-0.4, -0.2) is 30.7 Å². The number of hydrogen-bond donors (Lipinski definition) is 0. The average Bonchev–Trinajstić information content (AvgIpc) is 2.68. The van der Waals surface area contributed by atoms with Crippen molar-refractivity contribution in [2.24, 2.45) is 0 Å². The van der Waals surface area contributed by atoms with Crippen LogP contribution >= 0.6 is 22.6 Å². The lowest BCUT2D eigenvalue weighted by molar-refractivity contribution is 0.0814. The molecule has 0 spiro atoms. The average molecular weight is 331 g/mol. The second kappa shape index (κ2) is 5.47. The van der Waals surface area contributed by atoms with Crippen LogP contribution in [0, 0.1) is 3.57 Å². The van der Waals surface area contributed by atoms with Crippen LogP contribution in [0.25, 0.3) is 0 Å². The zero-order valence-corrected chi connectivity index (χ0v) is 12.0. The highest BCUT2D eigenvalue weighted by Crippen LogP contribution is 2.20. The van der Waals surface area contributed by atoms with E-state index >= 15 is 0 Å². The van der Waals surface area contributed by atoms with Gasteiger partial charge < -0.3 is 4.74 Å². The van der Waals surface area contributed by atoms with Gasteiger partial charge in [-0.05, 0) is 60.7 Å². The molecule has 1 aromatic rings. The highest BCUT2D eigenvalue weighted by atomic mass is 127. The third-order valence-electron chi connectivity index (χ3n) is 3.25.